The van der Waals surface area contributed by atoms with Crippen LogP contribution in [0.5, 0.6) is 5.75 Å². The van der Waals surface area contributed by atoms with Gasteiger partial charge in [-0.25, -0.2) is 8.78 Å². The van der Waals surface area contributed by atoms with Gasteiger partial charge < -0.3 is 15.0 Å². The van der Waals surface area contributed by atoms with Crippen molar-refractivity contribution in [2.24, 2.45) is 0 Å². The quantitative estimate of drug-likeness (QED) is 0.612. The van der Waals surface area contributed by atoms with Gasteiger partial charge in [0.15, 0.2) is 0 Å². The molecule has 1 fully saturated rings. The Morgan fingerprint density at radius 3 is 2.60 bits per heavy atom. The average Bonchev–Trinajstić information content (AvgIpc) is 2.80. The standard InChI is InChI=1S/C23H19F5N4O3/c24-22(25)9-7-17(11-29)32(14-22)20(33)13-31-21(34)19-8-10-30-12-16(19)4-1-15-2-5-18(6-3-15)35-23(26,27)28/h1-6,8,10,12,17H,7,9,13-14H2,(H,31,34). The molecule has 1 unspecified atom stereocenters. The number of pyridine rings is 1. The number of nitriles is 1. The molecule has 0 radical (unpaired) electrons. The maximum absolute atomic E-state index is 13.7. The Morgan fingerprint density at radius 2 is 1.94 bits per heavy atom. The van der Waals surface area contributed by atoms with E-state index >= 15 is 0 Å². The van der Waals surface area contributed by atoms with Crippen LogP contribution in [0.15, 0.2) is 42.7 Å². The Morgan fingerprint density at radius 1 is 1.23 bits per heavy atom. The number of rotatable bonds is 6. The van der Waals surface area contributed by atoms with Crippen molar-refractivity contribution in [3.63, 3.8) is 0 Å². The van der Waals surface area contributed by atoms with Crippen molar-refractivity contribution >= 4 is 24.0 Å². The van der Waals surface area contributed by atoms with Gasteiger partial charge in [0, 0.05) is 29.9 Å². The molecule has 1 aromatic carbocycles. The van der Waals surface area contributed by atoms with Gasteiger partial charge in [-0.15, -0.1) is 13.2 Å². The number of ether oxygens (including phenoxy) is 1. The lowest BCUT2D eigenvalue weighted by atomic mass is 10.00. The Bertz CT molecular complexity index is 1140. The van der Waals surface area contributed by atoms with E-state index in [-0.39, 0.29) is 17.7 Å². The second-order valence-electron chi connectivity index (χ2n) is 7.66. The lowest BCUT2D eigenvalue weighted by Crippen LogP contribution is -2.53. The van der Waals surface area contributed by atoms with Gasteiger partial charge in [0.2, 0.25) is 5.91 Å². The SMILES string of the molecule is N#CC1CCC(F)(F)CN1C(=O)CNC(=O)c1ccncc1C=Cc1ccc(OC(F)(F)F)cc1. The number of carbonyl (C=O) groups excluding carboxylic acids is 2. The number of hydrogen-bond donors (Lipinski definition) is 1. The molecule has 0 spiro atoms. The number of halogens is 5. The van der Waals surface area contributed by atoms with Crippen LogP contribution in [-0.4, -0.2) is 53.1 Å². The monoisotopic (exact) mass is 494 g/mol. The minimum Gasteiger partial charge on any atom is -0.406 e. The summed E-state index contributed by atoms with van der Waals surface area (Å²) in [6.45, 7) is -1.48. The summed E-state index contributed by atoms with van der Waals surface area (Å²) >= 11 is 0. The van der Waals surface area contributed by atoms with Gasteiger partial charge >= 0.3 is 6.36 Å². The van der Waals surface area contributed by atoms with Gasteiger partial charge in [-0.3, -0.25) is 14.6 Å². The highest BCUT2D eigenvalue weighted by Gasteiger charge is 2.42. The van der Waals surface area contributed by atoms with Gasteiger partial charge in [-0.1, -0.05) is 24.3 Å². The zero-order valence-electron chi connectivity index (χ0n) is 18.1. The van der Waals surface area contributed by atoms with E-state index in [1.54, 1.807) is 0 Å². The largest absolute Gasteiger partial charge is 0.573 e. The first-order valence-corrected chi connectivity index (χ1v) is 10.3. The van der Waals surface area contributed by atoms with Crippen molar-refractivity contribution < 1.29 is 36.3 Å². The molecule has 12 heteroatoms. The third-order valence-electron chi connectivity index (χ3n) is 5.10. The third kappa shape index (κ3) is 7.23. The van der Waals surface area contributed by atoms with E-state index in [0.717, 1.165) is 17.0 Å². The van der Waals surface area contributed by atoms with Crippen molar-refractivity contribution in [2.45, 2.75) is 31.2 Å². The molecule has 35 heavy (non-hydrogen) atoms. The predicted molar refractivity (Wildman–Crippen MR) is 114 cm³/mol. The number of carbonyl (C=O) groups is 2. The molecule has 2 heterocycles. The summed E-state index contributed by atoms with van der Waals surface area (Å²) < 4.78 is 68.0. The Hall–Kier alpha value is -4.01. The van der Waals surface area contributed by atoms with E-state index in [1.165, 1.54) is 42.7 Å². The van der Waals surface area contributed by atoms with Gasteiger partial charge in [0.1, 0.15) is 11.8 Å². The Kier molecular flexibility index (Phi) is 7.68. The average molecular weight is 494 g/mol. The number of hydrogen-bond acceptors (Lipinski definition) is 5. The van der Waals surface area contributed by atoms with E-state index < -0.39 is 49.7 Å². The lowest BCUT2D eigenvalue weighted by molar-refractivity contribution is -0.274. The van der Waals surface area contributed by atoms with Crippen LogP contribution in [0.1, 0.15) is 34.3 Å². The third-order valence-corrected chi connectivity index (χ3v) is 5.10. The molecule has 1 aliphatic rings. The fourth-order valence-corrected chi connectivity index (χ4v) is 3.40. The van der Waals surface area contributed by atoms with E-state index in [1.807, 2.05) is 6.07 Å². The van der Waals surface area contributed by atoms with E-state index in [0.29, 0.717) is 11.1 Å². The van der Waals surface area contributed by atoms with E-state index in [9.17, 15) is 31.5 Å². The zero-order valence-corrected chi connectivity index (χ0v) is 18.1. The summed E-state index contributed by atoms with van der Waals surface area (Å²) in [6.07, 6.45) is 0.280. The van der Waals surface area contributed by atoms with Crippen molar-refractivity contribution in [3.05, 3.63) is 59.4 Å². The molecule has 0 aliphatic carbocycles. The summed E-state index contributed by atoms with van der Waals surface area (Å²) in [5.74, 6) is -4.97. The Labute approximate surface area is 196 Å². The highest BCUT2D eigenvalue weighted by Crippen LogP contribution is 2.30. The van der Waals surface area contributed by atoms with Crippen LogP contribution >= 0.6 is 0 Å². The maximum atomic E-state index is 13.7. The number of piperidine rings is 1. The van der Waals surface area contributed by atoms with Crippen LogP contribution in [-0.2, 0) is 4.79 Å². The first-order valence-electron chi connectivity index (χ1n) is 10.3. The molecule has 7 nitrogen and oxygen atoms in total. The first kappa shape index (κ1) is 25.6. The zero-order chi connectivity index (χ0) is 25.6. The van der Waals surface area contributed by atoms with Crippen LogP contribution in [0.3, 0.4) is 0 Å². The maximum Gasteiger partial charge on any atom is 0.573 e. The van der Waals surface area contributed by atoms with Crippen molar-refractivity contribution in [1.82, 2.24) is 15.2 Å². The highest BCUT2D eigenvalue weighted by atomic mass is 19.4. The van der Waals surface area contributed by atoms with Crippen molar-refractivity contribution in [2.75, 3.05) is 13.1 Å². The lowest BCUT2D eigenvalue weighted by Gasteiger charge is -2.36. The molecule has 2 aromatic rings. The fraction of sp³-hybridized carbons (Fsp3) is 0.304. The Balaban J connectivity index is 1.66. The summed E-state index contributed by atoms with van der Waals surface area (Å²) in [7, 11) is 0. The van der Waals surface area contributed by atoms with Gasteiger partial charge in [0.05, 0.1) is 19.2 Å². The number of benzene rings is 1. The first-order chi connectivity index (χ1) is 16.5. The van der Waals surface area contributed by atoms with Crippen LogP contribution in [0.2, 0.25) is 0 Å². The number of amides is 2. The minimum absolute atomic E-state index is 0.127. The molecule has 0 bridgehead atoms. The normalized spacial score (nSPS) is 17.6. The van der Waals surface area contributed by atoms with E-state index in [2.05, 4.69) is 15.0 Å². The number of alkyl halides is 5. The highest BCUT2D eigenvalue weighted by molar-refractivity contribution is 6.00. The van der Waals surface area contributed by atoms with Crippen LogP contribution in [0.4, 0.5) is 22.0 Å². The summed E-state index contributed by atoms with van der Waals surface area (Å²) in [4.78, 5) is 29.8. The molecule has 0 saturated carbocycles. The second-order valence-corrected chi connectivity index (χ2v) is 7.66. The van der Waals surface area contributed by atoms with E-state index in [4.69, 9.17) is 5.26 Å². The summed E-state index contributed by atoms with van der Waals surface area (Å²) in [5, 5.41) is 11.5. The smallest absolute Gasteiger partial charge is 0.406 e. The van der Waals surface area contributed by atoms with Gasteiger partial charge in [-0.05, 0) is 30.2 Å². The molecule has 1 atom stereocenters. The molecule has 2 amide bonds. The summed E-state index contributed by atoms with van der Waals surface area (Å²) in [6, 6.07) is 7.24. The van der Waals surface area contributed by atoms with Gasteiger partial charge in [0.25, 0.3) is 11.8 Å². The topological polar surface area (TPSA) is 95.3 Å². The number of likely N-dealkylation sites (tertiary alicyclic amines) is 1. The van der Waals surface area contributed by atoms with Crippen molar-refractivity contribution in [3.8, 4) is 11.8 Å². The van der Waals surface area contributed by atoms with Crippen LogP contribution in [0.25, 0.3) is 12.2 Å². The molecular formula is C23H19F5N4O3. The van der Waals surface area contributed by atoms with Crippen LogP contribution < -0.4 is 10.1 Å². The molecule has 1 aromatic heterocycles. The number of nitrogens with zero attached hydrogens (tertiary/aromatic N) is 3. The molecule has 3 rings (SSSR count). The predicted octanol–water partition coefficient (Wildman–Crippen LogP) is 4.03. The molecule has 1 aliphatic heterocycles. The van der Waals surface area contributed by atoms with Gasteiger partial charge in [-0.2, -0.15) is 5.26 Å². The molecule has 1 saturated heterocycles. The second kappa shape index (κ2) is 10.5. The fourth-order valence-electron chi connectivity index (χ4n) is 3.40. The van der Waals surface area contributed by atoms with Crippen molar-refractivity contribution in [1.29, 1.82) is 5.26 Å². The minimum atomic E-state index is -4.80. The molecule has 1 N–H and O–H groups in total. The van der Waals surface area contributed by atoms with Crippen LogP contribution in [0, 0.1) is 11.3 Å². The summed E-state index contributed by atoms with van der Waals surface area (Å²) in [5.41, 5.74) is 0.979. The number of nitrogens with one attached hydrogen (secondary N) is 1. The molecule has 184 valence electrons. The number of aromatic nitrogens is 1. The molecular weight excluding hydrogens is 475 g/mol.